The second-order valence-corrected chi connectivity index (χ2v) is 8.34. The standard InChI is InChI=1S/C22H21ClN6OS/c1-15-12-19(28(2)27-15)24-20(30)14-31-22-26-25-21(17-10-6-7-11-18(17)23)29(22)13-16-8-4-3-5-9-16/h3-12H,13-14H2,1-2H3,(H,24,30). The van der Waals surface area contributed by atoms with E-state index in [1.807, 2.05) is 72.2 Å². The third kappa shape index (κ3) is 4.98. The van der Waals surface area contributed by atoms with Gasteiger partial charge >= 0.3 is 0 Å². The van der Waals surface area contributed by atoms with E-state index in [2.05, 4.69) is 20.6 Å². The summed E-state index contributed by atoms with van der Waals surface area (Å²) in [5.41, 5.74) is 2.75. The first-order chi connectivity index (χ1) is 15.0. The van der Waals surface area contributed by atoms with E-state index in [0.717, 1.165) is 16.8 Å². The highest BCUT2D eigenvalue weighted by Gasteiger charge is 2.18. The van der Waals surface area contributed by atoms with Crippen molar-refractivity contribution in [3.05, 3.63) is 76.9 Å². The molecule has 0 aliphatic heterocycles. The Labute approximate surface area is 189 Å². The Balaban J connectivity index is 1.57. The Hall–Kier alpha value is -3.10. The fourth-order valence-corrected chi connectivity index (χ4v) is 4.14. The minimum absolute atomic E-state index is 0.137. The number of hydrogen-bond acceptors (Lipinski definition) is 5. The molecule has 0 radical (unpaired) electrons. The maximum atomic E-state index is 12.5. The van der Waals surface area contributed by atoms with Gasteiger partial charge in [-0.15, -0.1) is 10.2 Å². The van der Waals surface area contributed by atoms with Crippen molar-refractivity contribution in [3.8, 4) is 11.4 Å². The molecule has 7 nitrogen and oxygen atoms in total. The Morgan fingerprint density at radius 1 is 1.10 bits per heavy atom. The molecular weight excluding hydrogens is 432 g/mol. The lowest BCUT2D eigenvalue weighted by atomic mass is 10.2. The van der Waals surface area contributed by atoms with Crippen molar-refractivity contribution in [2.75, 3.05) is 11.1 Å². The number of carbonyl (C=O) groups is 1. The summed E-state index contributed by atoms with van der Waals surface area (Å²) in [5.74, 6) is 1.38. The molecule has 0 saturated heterocycles. The maximum Gasteiger partial charge on any atom is 0.235 e. The van der Waals surface area contributed by atoms with E-state index in [1.54, 1.807) is 11.7 Å². The average molecular weight is 453 g/mol. The van der Waals surface area contributed by atoms with Crippen LogP contribution in [0.2, 0.25) is 5.02 Å². The molecule has 2 heterocycles. The quantitative estimate of drug-likeness (QED) is 0.420. The number of amides is 1. The van der Waals surface area contributed by atoms with Crippen molar-refractivity contribution in [2.45, 2.75) is 18.6 Å². The van der Waals surface area contributed by atoms with Crippen LogP contribution in [0.1, 0.15) is 11.3 Å². The summed E-state index contributed by atoms with van der Waals surface area (Å²) in [5, 5.41) is 17.1. The lowest BCUT2D eigenvalue weighted by Gasteiger charge is -2.11. The zero-order chi connectivity index (χ0) is 21.8. The zero-order valence-corrected chi connectivity index (χ0v) is 18.7. The molecule has 2 aromatic carbocycles. The van der Waals surface area contributed by atoms with Gasteiger partial charge in [0.05, 0.1) is 23.0 Å². The van der Waals surface area contributed by atoms with Crippen LogP contribution in [0.5, 0.6) is 0 Å². The SMILES string of the molecule is Cc1cc(NC(=O)CSc2nnc(-c3ccccc3Cl)n2Cc2ccccc2)n(C)n1. The first kappa shape index (κ1) is 21.1. The number of benzene rings is 2. The number of carbonyl (C=O) groups excluding carboxylic acids is 1. The van der Waals surface area contributed by atoms with Crippen LogP contribution in [0.25, 0.3) is 11.4 Å². The lowest BCUT2D eigenvalue weighted by molar-refractivity contribution is -0.113. The molecule has 0 aliphatic rings. The summed E-state index contributed by atoms with van der Waals surface area (Å²) >= 11 is 7.75. The van der Waals surface area contributed by atoms with E-state index in [0.29, 0.717) is 28.4 Å². The fourth-order valence-electron chi connectivity index (χ4n) is 3.18. The Morgan fingerprint density at radius 3 is 2.55 bits per heavy atom. The number of rotatable bonds is 7. The van der Waals surface area contributed by atoms with Crippen molar-refractivity contribution in [3.63, 3.8) is 0 Å². The highest BCUT2D eigenvalue weighted by Crippen LogP contribution is 2.30. The number of aromatic nitrogens is 5. The van der Waals surface area contributed by atoms with Crippen LogP contribution in [0, 0.1) is 6.92 Å². The van der Waals surface area contributed by atoms with Gasteiger partial charge in [0.1, 0.15) is 5.82 Å². The molecule has 1 amide bonds. The largest absolute Gasteiger partial charge is 0.310 e. The molecule has 4 aromatic rings. The molecule has 0 unspecified atom stereocenters. The fraction of sp³-hybridized carbons (Fsp3) is 0.182. The second-order valence-electron chi connectivity index (χ2n) is 6.99. The normalized spacial score (nSPS) is 10.9. The number of halogens is 1. The molecule has 0 saturated carbocycles. The topological polar surface area (TPSA) is 77.6 Å². The smallest absolute Gasteiger partial charge is 0.235 e. The van der Waals surface area contributed by atoms with Gasteiger partial charge in [0.15, 0.2) is 11.0 Å². The Bertz CT molecular complexity index is 1200. The van der Waals surface area contributed by atoms with Crippen molar-refractivity contribution in [2.24, 2.45) is 7.05 Å². The lowest BCUT2D eigenvalue weighted by Crippen LogP contribution is -2.17. The van der Waals surface area contributed by atoms with Gasteiger partial charge in [0, 0.05) is 18.7 Å². The first-order valence-electron chi connectivity index (χ1n) is 9.66. The number of anilines is 1. The highest BCUT2D eigenvalue weighted by molar-refractivity contribution is 7.99. The number of aryl methyl sites for hydroxylation is 2. The van der Waals surface area contributed by atoms with Gasteiger partial charge in [-0.05, 0) is 24.6 Å². The third-order valence-electron chi connectivity index (χ3n) is 4.62. The van der Waals surface area contributed by atoms with Crippen molar-refractivity contribution in [1.82, 2.24) is 24.5 Å². The molecule has 158 valence electrons. The summed E-state index contributed by atoms with van der Waals surface area (Å²) in [4.78, 5) is 12.5. The van der Waals surface area contributed by atoms with Gasteiger partial charge in [0.25, 0.3) is 0 Å². The van der Waals surface area contributed by atoms with Crippen LogP contribution in [0.15, 0.2) is 65.8 Å². The van der Waals surface area contributed by atoms with E-state index >= 15 is 0 Å². The number of nitrogens with one attached hydrogen (secondary N) is 1. The highest BCUT2D eigenvalue weighted by atomic mass is 35.5. The maximum absolute atomic E-state index is 12.5. The third-order valence-corrected chi connectivity index (χ3v) is 5.91. The van der Waals surface area contributed by atoms with Crippen LogP contribution >= 0.6 is 23.4 Å². The molecule has 31 heavy (non-hydrogen) atoms. The number of thioether (sulfide) groups is 1. The van der Waals surface area contributed by atoms with Crippen LogP contribution < -0.4 is 5.32 Å². The van der Waals surface area contributed by atoms with E-state index in [-0.39, 0.29) is 11.7 Å². The molecule has 0 atom stereocenters. The average Bonchev–Trinajstić information content (AvgIpc) is 3.29. The van der Waals surface area contributed by atoms with Crippen LogP contribution in [0.3, 0.4) is 0 Å². The summed E-state index contributed by atoms with van der Waals surface area (Å²) < 4.78 is 3.63. The van der Waals surface area contributed by atoms with Crippen LogP contribution in [-0.2, 0) is 18.4 Å². The molecule has 0 bridgehead atoms. The number of hydrogen-bond donors (Lipinski definition) is 1. The minimum Gasteiger partial charge on any atom is -0.310 e. The van der Waals surface area contributed by atoms with Gasteiger partial charge in [-0.1, -0.05) is 65.8 Å². The van der Waals surface area contributed by atoms with Gasteiger partial charge in [-0.3, -0.25) is 14.0 Å². The van der Waals surface area contributed by atoms with Crippen LogP contribution in [0.4, 0.5) is 5.82 Å². The van der Waals surface area contributed by atoms with E-state index in [4.69, 9.17) is 11.6 Å². The zero-order valence-electron chi connectivity index (χ0n) is 17.1. The van der Waals surface area contributed by atoms with Crippen molar-refractivity contribution < 1.29 is 4.79 Å². The van der Waals surface area contributed by atoms with E-state index in [9.17, 15) is 4.79 Å². The summed E-state index contributed by atoms with van der Waals surface area (Å²) in [6.07, 6.45) is 0. The predicted molar refractivity (Wildman–Crippen MR) is 123 cm³/mol. The molecular formula is C22H21ClN6OS. The monoisotopic (exact) mass is 452 g/mol. The van der Waals surface area contributed by atoms with E-state index in [1.165, 1.54) is 11.8 Å². The number of nitrogens with zero attached hydrogens (tertiary/aromatic N) is 5. The molecule has 4 rings (SSSR count). The Kier molecular flexibility index (Phi) is 6.39. The van der Waals surface area contributed by atoms with Gasteiger partial charge < -0.3 is 5.32 Å². The predicted octanol–water partition coefficient (Wildman–Crippen LogP) is 4.42. The summed E-state index contributed by atoms with van der Waals surface area (Å²) in [7, 11) is 1.79. The minimum atomic E-state index is -0.137. The van der Waals surface area contributed by atoms with Crippen molar-refractivity contribution in [1.29, 1.82) is 0 Å². The Morgan fingerprint density at radius 2 is 1.84 bits per heavy atom. The summed E-state index contributed by atoms with van der Waals surface area (Å²) in [6, 6.07) is 19.4. The molecule has 0 fully saturated rings. The molecule has 2 aromatic heterocycles. The van der Waals surface area contributed by atoms with Crippen LogP contribution in [-0.4, -0.2) is 36.2 Å². The van der Waals surface area contributed by atoms with Gasteiger partial charge in [-0.25, -0.2) is 0 Å². The van der Waals surface area contributed by atoms with Gasteiger partial charge in [-0.2, -0.15) is 5.10 Å². The van der Waals surface area contributed by atoms with Gasteiger partial charge in [0.2, 0.25) is 5.91 Å². The second kappa shape index (κ2) is 9.36. The summed E-state index contributed by atoms with van der Waals surface area (Å²) in [6.45, 7) is 2.45. The molecule has 0 aliphatic carbocycles. The van der Waals surface area contributed by atoms with E-state index < -0.39 is 0 Å². The molecule has 0 spiro atoms. The molecule has 1 N–H and O–H groups in total. The molecule has 9 heteroatoms. The first-order valence-corrected chi connectivity index (χ1v) is 11.0. The van der Waals surface area contributed by atoms with Crippen molar-refractivity contribution >= 4 is 35.1 Å².